The maximum atomic E-state index is 12.4. The zero-order chi connectivity index (χ0) is 21.3. The Morgan fingerprint density at radius 1 is 1.00 bits per heavy atom. The number of amides is 2. The first-order valence-corrected chi connectivity index (χ1v) is 11.0. The molecule has 5 nitrogen and oxygen atoms in total. The van der Waals surface area contributed by atoms with Gasteiger partial charge >= 0.3 is 0 Å². The molecule has 2 amide bonds. The van der Waals surface area contributed by atoms with Crippen molar-refractivity contribution in [2.45, 2.75) is 71.0 Å². The van der Waals surface area contributed by atoms with Gasteiger partial charge in [-0.25, -0.2) is 0 Å². The molecule has 0 bridgehead atoms. The van der Waals surface area contributed by atoms with E-state index in [0.29, 0.717) is 6.04 Å². The summed E-state index contributed by atoms with van der Waals surface area (Å²) in [5.74, 6) is 0.00739. The Morgan fingerprint density at radius 3 is 2.43 bits per heavy atom. The lowest BCUT2D eigenvalue weighted by molar-refractivity contribution is -0.117. The van der Waals surface area contributed by atoms with E-state index in [-0.39, 0.29) is 23.9 Å². The molecule has 158 valence electrons. The molecule has 1 heterocycles. The summed E-state index contributed by atoms with van der Waals surface area (Å²) in [5.41, 5.74) is 5.14. The molecular formula is C25H31N3O2. The minimum atomic E-state index is -0.0792. The van der Waals surface area contributed by atoms with E-state index in [4.69, 9.17) is 0 Å². The van der Waals surface area contributed by atoms with Crippen molar-refractivity contribution >= 4 is 23.2 Å². The van der Waals surface area contributed by atoms with Gasteiger partial charge in [-0.2, -0.15) is 0 Å². The standard InChI is InChI=1S/C25H31N3O2/c1-16-13-24(27-21-8-4-5-9-21)23-15-20(11-12-25(23)28(16)18(3)30)19-7-6-10-22(14-19)26-17(2)29/h6-7,10-12,14-16,21,24,27H,4-5,8-9,13H2,1-3H3,(H,26,29). The molecule has 2 N–H and O–H groups in total. The largest absolute Gasteiger partial charge is 0.326 e. The van der Waals surface area contributed by atoms with E-state index in [0.717, 1.165) is 28.9 Å². The molecule has 2 aromatic rings. The molecule has 1 aliphatic heterocycles. The van der Waals surface area contributed by atoms with Crippen LogP contribution >= 0.6 is 0 Å². The van der Waals surface area contributed by atoms with Crippen LogP contribution in [0.1, 0.15) is 64.5 Å². The van der Waals surface area contributed by atoms with Crippen LogP contribution in [-0.2, 0) is 9.59 Å². The predicted molar refractivity (Wildman–Crippen MR) is 122 cm³/mol. The molecule has 5 heteroatoms. The van der Waals surface area contributed by atoms with Crippen LogP contribution < -0.4 is 15.5 Å². The average Bonchev–Trinajstić information content (AvgIpc) is 3.20. The highest BCUT2D eigenvalue weighted by atomic mass is 16.2. The summed E-state index contributed by atoms with van der Waals surface area (Å²) in [6, 6.07) is 15.3. The lowest BCUT2D eigenvalue weighted by atomic mass is 9.88. The van der Waals surface area contributed by atoms with Gasteiger partial charge in [-0.1, -0.05) is 31.0 Å². The molecule has 2 atom stereocenters. The first kappa shape index (κ1) is 20.6. The lowest BCUT2D eigenvalue weighted by Crippen LogP contribution is -2.46. The molecule has 1 fully saturated rings. The molecule has 1 aliphatic carbocycles. The van der Waals surface area contributed by atoms with Crippen molar-refractivity contribution in [1.82, 2.24) is 5.32 Å². The predicted octanol–water partition coefficient (Wildman–Crippen LogP) is 5.03. The quantitative estimate of drug-likeness (QED) is 0.750. The highest BCUT2D eigenvalue weighted by Gasteiger charge is 2.34. The number of benzene rings is 2. The molecule has 2 aromatic carbocycles. The summed E-state index contributed by atoms with van der Waals surface area (Å²) in [5, 5.41) is 6.74. The zero-order valence-corrected chi connectivity index (χ0v) is 18.1. The minimum Gasteiger partial charge on any atom is -0.326 e. The maximum Gasteiger partial charge on any atom is 0.224 e. The fourth-order valence-corrected chi connectivity index (χ4v) is 5.04. The topological polar surface area (TPSA) is 61.4 Å². The van der Waals surface area contributed by atoms with Crippen molar-refractivity contribution in [3.8, 4) is 11.1 Å². The van der Waals surface area contributed by atoms with Crippen LogP contribution in [0.2, 0.25) is 0 Å². The molecule has 1 saturated carbocycles. The fraction of sp³-hybridized carbons (Fsp3) is 0.440. The highest BCUT2D eigenvalue weighted by Crippen LogP contribution is 2.40. The molecule has 2 aliphatic rings. The number of anilines is 2. The molecule has 0 spiro atoms. The third-order valence-corrected chi connectivity index (χ3v) is 6.33. The molecule has 2 unspecified atom stereocenters. The lowest BCUT2D eigenvalue weighted by Gasteiger charge is -2.40. The normalized spacial score (nSPS) is 21.4. The summed E-state index contributed by atoms with van der Waals surface area (Å²) in [4.78, 5) is 25.8. The van der Waals surface area contributed by atoms with Gasteiger partial charge in [0, 0.05) is 43.3 Å². The van der Waals surface area contributed by atoms with Crippen LogP contribution in [0.5, 0.6) is 0 Å². The number of carbonyl (C=O) groups is 2. The zero-order valence-electron chi connectivity index (χ0n) is 18.1. The second kappa shape index (κ2) is 8.60. The van der Waals surface area contributed by atoms with Gasteiger partial charge in [-0.15, -0.1) is 0 Å². The van der Waals surface area contributed by atoms with Crippen LogP contribution in [0, 0.1) is 0 Å². The highest BCUT2D eigenvalue weighted by molar-refractivity contribution is 5.94. The van der Waals surface area contributed by atoms with Crippen LogP contribution in [-0.4, -0.2) is 23.9 Å². The summed E-state index contributed by atoms with van der Waals surface area (Å²) >= 11 is 0. The van der Waals surface area contributed by atoms with E-state index in [1.54, 1.807) is 6.92 Å². The Labute approximate surface area is 178 Å². The molecule has 30 heavy (non-hydrogen) atoms. The first-order valence-electron chi connectivity index (χ1n) is 11.0. The Hall–Kier alpha value is -2.66. The average molecular weight is 406 g/mol. The Kier molecular flexibility index (Phi) is 5.91. The SMILES string of the molecule is CC(=O)Nc1cccc(-c2ccc3c(c2)C(NC2CCCC2)CC(C)N3C(C)=O)c1. The monoisotopic (exact) mass is 405 g/mol. The number of nitrogens with zero attached hydrogens (tertiary/aromatic N) is 1. The van der Waals surface area contributed by atoms with Gasteiger partial charge in [0.2, 0.25) is 11.8 Å². The maximum absolute atomic E-state index is 12.4. The van der Waals surface area contributed by atoms with Gasteiger partial charge in [-0.3, -0.25) is 9.59 Å². The smallest absolute Gasteiger partial charge is 0.224 e. The third kappa shape index (κ3) is 4.26. The number of rotatable bonds is 4. The van der Waals surface area contributed by atoms with Crippen LogP contribution in [0.25, 0.3) is 11.1 Å². The van der Waals surface area contributed by atoms with Crippen LogP contribution in [0.4, 0.5) is 11.4 Å². The second-order valence-electron chi connectivity index (χ2n) is 8.71. The van der Waals surface area contributed by atoms with E-state index in [1.807, 2.05) is 23.1 Å². The first-order chi connectivity index (χ1) is 14.4. The van der Waals surface area contributed by atoms with Crippen molar-refractivity contribution in [3.05, 3.63) is 48.0 Å². The van der Waals surface area contributed by atoms with Gasteiger partial charge in [0.25, 0.3) is 0 Å². The molecule has 0 saturated heterocycles. The fourth-order valence-electron chi connectivity index (χ4n) is 5.04. The van der Waals surface area contributed by atoms with Crippen molar-refractivity contribution < 1.29 is 9.59 Å². The van der Waals surface area contributed by atoms with Gasteiger partial charge in [0.05, 0.1) is 0 Å². The van der Waals surface area contributed by atoms with E-state index in [9.17, 15) is 9.59 Å². The molecular weight excluding hydrogens is 374 g/mol. The summed E-state index contributed by atoms with van der Waals surface area (Å²) in [7, 11) is 0. The summed E-state index contributed by atoms with van der Waals surface area (Å²) in [6.07, 6.45) is 5.97. The molecule has 4 rings (SSSR count). The second-order valence-corrected chi connectivity index (χ2v) is 8.71. The van der Waals surface area contributed by atoms with Crippen molar-refractivity contribution in [1.29, 1.82) is 0 Å². The number of carbonyl (C=O) groups excluding carboxylic acids is 2. The third-order valence-electron chi connectivity index (χ3n) is 6.33. The number of fused-ring (bicyclic) bond motifs is 1. The van der Waals surface area contributed by atoms with Gasteiger partial charge in [0.15, 0.2) is 0 Å². The van der Waals surface area contributed by atoms with Gasteiger partial charge < -0.3 is 15.5 Å². The van der Waals surface area contributed by atoms with Crippen LogP contribution in [0.3, 0.4) is 0 Å². The van der Waals surface area contributed by atoms with Crippen molar-refractivity contribution in [2.75, 3.05) is 10.2 Å². The van der Waals surface area contributed by atoms with Gasteiger partial charge in [-0.05, 0) is 67.1 Å². The van der Waals surface area contributed by atoms with Gasteiger partial charge in [0.1, 0.15) is 0 Å². The summed E-state index contributed by atoms with van der Waals surface area (Å²) in [6.45, 7) is 5.30. The van der Waals surface area contributed by atoms with Crippen molar-refractivity contribution in [2.24, 2.45) is 0 Å². The van der Waals surface area contributed by atoms with Crippen molar-refractivity contribution in [3.63, 3.8) is 0 Å². The van der Waals surface area contributed by atoms with E-state index < -0.39 is 0 Å². The number of hydrogen-bond acceptors (Lipinski definition) is 3. The summed E-state index contributed by atoms with van der Waals surface area (Å²) < 4.78 is 0. The Balaban J connectivity index is 1.72. The number of hydrogen-bond donors (Lipinski definition) is 2. The Morgan fingerprint density at radius 2 is 1.73 bits per heavy atom. The van der Waals surface area contributed by atoms with E-state index in [2.05, 4.69) is 41.8 Å². The molecule has 0 aromatic heterocycles. The molecule has 0 radical (unpaired) electrons. The Bertz CT molecular complexity index is 949. The van der Waals surface area contributed by atoms with Crippen LogP contribution in [0.15, 0.2) is 42.5 Å². The van der Waals surface area contributed by atoms with E-state index >= 15 is 0 Å². The van der Waals surface area contributed by atoms with E-state index in [1.165, 1.54) is 38.2 Å². The minimum absolute atomic E-state index is 0.0792. The number of nitrogens with one attached hydrogen (secondary N) is 2.